The molecule has 0 N–H and O–H groups in total. The minimum absolute atomic E-state index is 0.00189. The standard InChI is InChI=1S/C24H31N3O3S2/c28-24(26-17-15-25(16-18-26)20-22-6-5-19-31-22)12-9-21-7-10-23(11-8-21)32(29,30)27-13-3-1-2-4-14-27/h5-12,19H,1-4,13-18,20H2/b12-9+. The molecule has 1 aromatic heterocycles. The number of nitrogens with zero attached hydrogens (tertiary/aromatic N) is 3. The highest BCUT2D eigenvalue weighted by Gasteiger charge is 2.25. The molecule has 0 bridgehead atoms. The second-order valence-corrected chi connectivity index (χ2v) is 11.4. The van der Waals surface area contributed by atoms with Crippen LogP contribution in [-0.4, -0.2) is 67.7 Å². The summed E-state index contributed by atoms with van der Waals surface area (Å²) in [6, 6.07) is 11.1. The predicted octanol–water partition coefficient (Wildman–Crippen LogP) is 3.67. The third-order valence-corrected chi connectivity index (χ3v) is 8.92. The number of amides is 1. The Kier molecular flexibility index (Phi) is 7.78. The van der Waals surface area contributed by atoms with Crippen molar-refractivity contribution in [1.82, 2.24) is 14.1 Å². The van der Waals surface area contributed by atoms with Gasteiger partial charge in [0, 0.05) is 56.8 Å². The number of carbonyl (C=O) groups is 1. The predicted molar refractivity (Wildman–Crippen MR) is 129 cm³/mol. The van der Waals surface area contributed by atoms with E-state index in [1.165, 1.54) is 4.88 Å². The number of carbonyl (C=O) groups excluding carboxylic acids is 1. The Balaban J connectivity index is 1.30. The highest BCUT2D eigenvalue weighted by atomic mass is 32.2. The third-order valence-electron chi connectivity index (χ3n) is 6.14. The number of piperazine rings is 1. The molecular weight excluding hydrogens is 442 g/mol. The average Bonchev–Trinajstić information content (AvgIpc) is 3.16. The maximum atomic E-state index is 12.9. The van der Waals surface area contributed by atoms with E-state index in [1.807, 2.05) is 4.90 Å². The summed E-state index contributed by atoms with van der Waals surface area (Å²) in [5.74, 6) is 0.00189. The fourth-order valence-corrected chi connectivity index (χ4v) is 6.47. The van der Waals surface area contributed by atoms with Crippen molar-refractivity contribution >= 4 is 33.3 Å². The largest absolute Gasteiger partial charge is 0.337 e. The van der Waals surface area contributed by atoms with Crippen molar-refractivity contribution < 1.29 is 13.2 Å². The summed E-state index contributed by atoms with van der Waals surface area (Å²) < 4.78 is 27.4. The van der Waals surface area contributed by atoms with Crippen LogP contribution < -0.4 is 0 Å². The molecule has 3 heterocycles. The molecule has 2 aliphatic heterocycles. The van der Waals surface area contributed by atoms with Crippen LogP contribution in [0.1, 0.15) is 36.1 Å². The lowest BCUT2D eigenvalue weighted by Gasteiger charge is -2.33. The van der Waals surface area contributed by atoms with E-state index >= 15 is 0 Å². The van der Waals surface area contributed by atoms with E-state index < -0.39 is 10.0 Å². The molecule has 1 amide bonds. The summed E-state index contributed by atoms with van der Waals surface area (Å²) in [4.78, 5) is 18.5. The van der Waals surface area contributed by atoms with Gasteiger partial charge < -0.3 is 4.90 Å². The van der Waals surface area contributed by atoms with E-state index in [0.717, 1.165) is 64.0 Å². The van der Waals surface area contributed by atoms with Crippen molar-refractivity contribution in [2.24, 2.45) is 0 Å². The van der Waals surface area contributed by atoms with Crippen molar-refractivity contribution in [2.75, 3.05) is 39.3 Å². The Bertz CT molecular complexity index is 1000. The van der Waals surface area contributed by atoms with Crippen molar-refractivity contribution in [2.45, 2.75) is 37.1 Å². The normalized spacial score (nSPS) is 19.3. The number of thiophene rings is 1. The minimum atomic E-state index is -3.44. The molecule has 8 heteroatoms. The van der Waals surface area contributed by atoms with Crippen LogP contribution in [0.3, 0.4) is 0 Å². The highest BCUT2D eigenvalue weighted by molar-refractivity contribution is 7.89. The van der Waals surface area contributed by atoms with Crippen LogP contribution in [0.15, 0.2) is 52.7 Å². The quantitative estimate of drug-likeness (QED) is 0.601. The molecule has 6 nitrogen and oxygen atoms in total. The molecule has 2 aliphatic rings. The van der Waals surface area contributed by atoms with Gasteiger partial charge in [0.1, 0.15) is 0 Å². The van der Waals surface area contributed by atoms with Gasteiger partial charge in [-0.1, -0.05) is 31.0 Å². The molecular formula is C24H31N3O3S2. The Labute approximate surface area is 195 Å². The van der Waals surface area contributed by atoms with Gasteiger partial charge in [-0.2, -0.15) is 4.31 Å². The van der Waals surface area contributed by atoms with Gasteiger partial charge in [-0.25, -0.2) is 8.42 Å². The van der Waals surface area contributed by atoms with E-state index in [-0.39, 0.29) is 5.91 Å². The lowest BCUT2D eigenvalue weighted by Crippen LogP contribution is -2.47. The summed E-state index contributed by atoms with van der Waals surface area (Å²) >= 11 is 1.77. The Hall–Kier alpha value is -2.00. The monoisotopic (exact) mass is 473 g/mol. The van der Waals surface area contributed by atoms with E-state index in [4.69, 9.17) is 0 Å². The minimum Gasteiger partial charge on any atom is -0.337 e. The SMILES string of the molecule is O=C(/C=C/c1ccc(S(=O)(=O)N2CCCCCC2)cc1)N1CCN(Cc2cccs2)CC1. The van der Waals surface area contributed by atoms with Crippen molar-refractivity contribution in [3.63, 3.8) is 0 Å². The average molecular weight is 474 g/mol. The lowest BCUT2D eigenvalue weighted by atomic mass is 10.2. The van der Waals surface area contributed by atoms with E-state index in [1.54, 1.807) is 52.1 Å². The molecule has 172 valence electrons. The number of rotatable bonds is 6. The second kappa shape index (κ2) is 10.7. The third kappa shape index (κ3) is 5.86. The maximum absolute atomic E-state index is 12.9. The van der Waals surface area contributed by atoms with Crippen LogP contribution in [0.5, 0.6) is 0 Å². The highest BCUT2D eigenvalue weighted by Crippen LogP contribution is 2.21. The number of sulfonamides is 1. The Morgan fingerprint density at radius 3 is 2.22 bits per heavy atom. The first kappa shape index (κ1) is 23.2. The summed E-state index contributed by atoms with van der Waals surface area (Å²) in [6.45, 7) is 5.34. The molecule has 0 aliphatic carbocycles. The molecule has 4 rings (SSSR count). The topological polar surface area (TPSA) is 60.9 Å². The summed E-state index contributed by atoms with van der Waals surface area (Å²) in [7, 11) is -3.44. The number of benzene rings is 1. The lowest BCUT2D eigenvalue weighted by molar-refractivity contribution is -0.127. The number of hydrogen-bond acceptors (Lipinski definition) is 5. The van der Waals surface area contributed by atoms with E-state index in [2.05, 4.69) is 22.4 Å². The Morgan fingerprint density at radius 2 is 1.59 bits per heavy atom. The van der Waals surface area contributed by atoms with Gasteiger partial charge in [-0.05, 0) is 48.1 Å². The van der Waals surface area contributed by atoms with Gasteiger partial charge in [-0.15, -0.1) is 11.3 Å². The van der Waals surface area contributed by atoms with Gasteiger partial charge in [-0.3, -0.25) is 9.69 Å². The molecule has 0 radical (unpaired) electrons. The van der Waals surface area contributed by atoms with Gasteiger partial charge in [0.2, 0.25) is 15.9 Å². The van der Waals surface area contributed by atoms with Gasteiger partial charge >= 0.3 is 0 Å². The zero-order valence-electron chi connectivity index (χ0n) is 18.4. The summed E-state index contributed by atoms with van der Waals surface area (Å²) in [5, 5.41) is 2.09. The van der Waals surface area contributed by atoms with Gasteiger partial charge in [0.25, 0.3) is 0 Å². The zero-order valence-corrected chi connectivity index (χ0v) is 20.0. The molecule has 1 aromatic carbocycles. The summed E-state index contributed by atoms with van der Waals surface area (Å²) in [6.07, 6.45) is 7.38. The smallest absolute Gasteiger partial charge is 0.246 e. The summed E-state index contributed by atoms with van der Waals surface area (Å²) in [5.41, 5.74) is 0.824. The van der Waals surface area contributed by atoms with E-state index in [0.29, 0.717) is 18.0 Å². The van der Waals surface area contributed by atoms with Crippen LogP contribution in [0.2, 0.25) is 0 Å². The van der Waals surface area contributed by atoms with Crippen LogP contribution >= 0.6 is 11.3 Å². The van der Waals surface area contributed by atoms with Crippen molar-refractivity contribution in [1.29, 1.82) is 0 Å². The number of hydrogen-bond donors (Lipinski definition) is 0. The molecule has 0 spiro atoms. The van der Waals surface area contributed by atoms with Crippen molar-refractivity contribution in [3.8, 4) is 0 Å². The first-order chi connectivity index (χ1) is 15.5. The Morgan fingerprint density at radius 1 is 0.906 bits per heavy atom. The first-order valence-electron chi connectivity index (χ1n) is 11.3. The van der Waals surface area contributed by atoms with Crippen LogP contribution in [-0.2, 0) is 21.4 Å². The maximum Gasteiger partial charge on any atom is 0.246 e. The molecule has 2 aromatic rings. The molecule has 2 fully saturated rings. The second-order valence-electron chi connectivity index (χ2n) is 8.40. The molecule has 2 saturated heterocycles. The van der Waals surface area contributed by atoms with Crippen LogP contribution in [0.4, 0.5) is 0 Å². The fraction of sp³-hybridized carbons (Fsp3) is 0.458. The molecule has 0 saturated carbocycles. The van der Waals surface area contributed by atoms with Crippen LogP contribution in [0, 0.1) is 0 Å². The van der Waals surface area contributed by atoms with E-state index in [9.17, 15) is 13.2 Å². The van der Waals surface area contributed by atoms with Gasteiger partial charge in [0.05, 0.1) is 4.90 Å². The fourth-order valence-electron chi connectivity index (χ4n) is 4.20. The molecule has 32 heavy (non-hydrogen) atoms. The van der Waals surface area contributed by atoms with Gasteiger partial charge in [0.15, 0.2) is 0 Å². The zero-order chi connectivity index (χ0) is 22.4. The van der Waals surface area contributed by atoms with Crippen molar-refractivity contribution in [3.05, 3.63) is 58.3 Å². The first-order valence-corrected chi connectivity index (χ1v) is 13.7. The molecule has 0 unspecified atom stereocenters. The molecule has 0 atom stereocenters. The van der Waals surface area contributed by atoms with Crippen LogP contribution in [0.25, 0.3) is 6.08 Å².